The number of carbonyl (C=O) groups excluding carboxylic acids is 1. The first-order valence-electron chi connectivity index (χ1n) is 5.06. The Morgan fingerprint density at radius 3 is 2.50 bits per heavy atom. The monoisotopic (exact) mass is 241 g/mol. The minimum Gasteiger partial charge on any atom is -0.480 e. The van der Waals surface area contributed by atoms with E-state index in [2.05, 4.69) is 5.32 Å². The molecular weight excluding hydrogens is 226 g/mol. The second kappa shape index (κ2) is 5.12. The van der Waals surface area contributed by atoms with E-state index in [4.69, 9.17) is 5.11 Å². The van der Waals surface area contributed by atoms with Gasteiger partial charge in [0.15, 0.2) is 0 Å². The summed E-state index contributed by atoms with van der Waals surface area (Å²) in [5.74, 6) is -1.31. The van der Waals surface area contributed by atoms with Crippen LogP contribution in [0.2, 0.25) is 0 Å². The second-order valence-corrected chi connectivity index (χ2v) is 4.88. The maximum absolute atomic E-state index is 11.7. The van der Waals surface area contributed by atoms with Crippen LogP contribution in [-0.2, 0) is 4.79 Å². The minimum absolute atomic E-state index is 0.310. The zero-order chi connectivity index (χ0) is 12.3. The van der Waals surface area contributed by atoms with Gasteiger partial charge in [0.1, 0.15) is 6.04 Å². The average molecular weight is 241 g/mol. The van der Waals surface area contributed by atoms with E-state index in [0.29, 0.717) is 11.3 Å². The highest BCUT2D eigenvalue weighted by molar-refractivity contribution is 7.14. The molecule has 1 rings (SSSR count). The normalized spacial score (nSPS) is 12.2. The van der Waals surface area contributed by atoms with E-state index in [0.717, 1.165) is 10.4 Å². The molecule has 0 aliphatic carbocycles. The van der Waals surface area contributed by atoms with Crippen molar-refractivity contribution in [2.75, 3.05) is 0 Å². The molecule has 1 aromatic rings. The van der Waals surface area contributed by atoms with Crippen LogP contribution < -0.4 is 5.32 Å². The molecular formula is C11H15NO3S. The molecule has 1 atom stereocenters. The average Bonchev–Trinajstić information content (AvgIpc) is 2.55. The lowest BCUT2D eigenvalue weighted by Gasteiger charge is -2.10. The highest BCUT2D eigenvalue weighted by Crippen LogP contribution is 2.20. The van der Waals surface area contributed by atoms with Gasteiger partial charge in [0.2, 0.25) is 0 Å². The van der Waals surface area contributed by atoms with Crippen molar-refractivity contribution in [2.24, 2.45) is 0 Å². The molecule has 1 aromatic heterocycles. The summed E-state index contributed by atoms with van der Waals surface area (Å²) in [5.41, 5.74) is 1.05. The van der Waals surface area contributed by atoms with Gasteiger partial charge >= 0.3 is 5.97 Å². The second-order valence-electron chi connectivity index (χ2n) is 3.62. The van der Waals surface area contributed by atoms with Crippen LogP contribution in [0.3, 0.4) is 0 Å². The first-order valence-corrected chi connectivity index (χ1v) is 5.88. The van der Waals surface area contributed by atoms with Gasteiger partial charge in [-0.25, -0.2) is 4.79 Å². The third kappa shape index (κ3) is 2.82. The number of aryl methyl sites for hydroxylation is 2. The van der Waals surface area contributed by atoms with Gasteiger partial charge in [-0.05, 0) is 31.9 Å². The summed E-state index contributed by atoms with van der Waals surface area (Å²) in [7, 11) is 0. The molecule has 0 spiro atoms. The fourth-order valence-corrected chi connectivity index (χ4v) is 2.19. The van der Waals surface area contributed by atoms with Crippen LogP contribution in [0, 0.1) is 13.8 Å². The van der Waals surface area contributed by atoms with Crippen LogP contribution in [0.25, 0.3) is 0 Å². The van der Waals surface area contributed by atoms with Crippen LogP contribution in [-0.4, -0.2) is 23.0 Å². The van der Waals surface area contributed by atoms with Gasteiger partial charge in [-0.2, -0.15) is 0 Å². The third-order valence-electron chi connectivity index (χ3n) is 2.40. The quantitative estimate of drug-likeness (QED) is 0.846. The zero-order valence-corrected chi connectivity index (χ0v) is 10.4. The molecule has 0 unspecified atom stereocenters. The van der Waals surface area contributed by atoms with Crippen molar-refractivity contribution in [2.45, 2.75) is 33.2 Å². The first-order chi connectivity index (χ1) is 7.45. The summed E-state index contributed by atoms with van der Waals surface area (Å²) in [5, 5.41) is 11.3. The first kappa shape index (κ1) is 12.7. The molecule has 0 fully saturated rings. The lowest BCUT2D eigenvalue weighted by atomic mass is 10.2. The van der Waals surface area contributed by atoms with Gasteiger partial charge in [-0.3, -0.25) is 4.79 Å². The number of carboxylic acids is 1. The number of nitrogens with one attached hydrogen (secondary N) is 1. The Bertz CT molecular complexity index is 392. The molecule has 2 N–H and O–H groups in total. The minimum atomic E-state index is -0.999. The number of carboxylic acid groups (broad SMARTS) is 1. The standard InChI is InChI=1S/C11H15NO3S/c1-4-8(11(14)15)12-10(13)9-5-6(2)7(3)16-9/h5,8H,4H2,1-3H3,(H,12,13)(H,14,15)/t8-/m1/s1. The molecule has 0 aromatic carbocycles. The summed E-state index contributed by atoms with van der Waals surface area (Å²) in [6.45, 7) is 5.59. The van der Waals surface area contributed by atoms with E-state index in [1.807, 2.05) is 13.8 Å². The van der Waals surface area contributed by atoms with Crippen LogP contribution in [0.1, 0.15) is 33.5 Å². The van der Waals surface area contributed by atoms with E-state index in [1.165, 1.54) is 11.3 Å². The van der Waals surface area contributed by atoms with Gasteiger partial charge in [0, 0.05) is 4.88 Å². The SMILES string of the molecule is CC[C@@H](NC(=O)c1cc(C)c(C)s1)C(=O)O. The van der Waals surface area contributed by atoms with Crippen LogP contribution in [0.15, 0.2) is 6.07 Å². The lowest BCUT2D eigenvalue weighted by molar-refractivity contribution is -0.139. The van der Waals surface area contributed by atoms with Crippen molar-refractivity contribution in [1.82, 2.24) is 5.32 Å². The van der Waals surface area contributed by atoms with Crippen LogP contribution in [0.5, 0.6) is 0 Å². The van der Waals surface area contributed by atoms with E-state index >= 15 is 0 Å². The van der Waals surface area contributed by atoms with Crippen LogP contribution in [0.4, 0.5) is 0 Å². The Hall–Kier alpha value is -1.36. The van der Waals surface area contributed by atoms with Gasteiger partial charge in [0.25, 0.3) is 5.91 Å². The third-order valence-corrected chi connectivity index (χ3v) is 3.55. The van der Waals surface area contributed by atoms with E-state index < -0.39 is 12.0 Å². The molecule has 1 heterocycles. The predicted octanol–water partition coefficient (Wildman–Crippen LogP) is 1.96. The fourth-order valence-electron chi connectivity index (χ4n) is 1.25. The van der Waals surface area contributed by atoms with E-state index in [-0.39, 0.29) is 5.91 Å². The number of carbonyl (C=O) groups is 2. The summed E-state index contributed by atoms with van der Waals surface area (Å²) < 4.78 is 0. The van der Waals surface area contributed by atoms with E-state index in [9.17, 15) is 9.59 Å². The maximum Gasteiger partial charge on any atom is 0.326 e. The molecule has 0 aliphatic rings. The molecule has 1 amide bonds. The summed E-state index contributed by atoms with van der Waals surface area (Å²) in [4.78, 5) is 24.1. The van der Waals surface area contributed by atoms with Crippen molar-refractivity contribution in [3.8, 4) is 0 Å². The highest BCUT2D eigenvalue weighted by atomic mass is 32.1. The van der Waals surface area contributed by atoms with Crippen molar-refractivity contribution in [1.29, 1.82) is 0 Å². The zero-order valence-electron chi connectivity index (χ0n) is 9.53. The number of hydrogen-bond acceptors (Lipinski definition) is 3. The molecule has 0 radical (unpaired) electrons. The fraction of sp³-hybridized carbons (Fsp3) is 0.455. The number of hydrogen-bond donors (Lipinski definition) is 2. The van der Waals surface area contributed by atoms with Crippen LogP contribution >= 0.6 is 11.3 Å². The van der Waals surface area contributed by atoms with E-state index in [1.54, 1.807) is 13.0 Å². The molecule has 0 saturated carbocycles. The number of aliphatic carboxylic acids is 1. The molecule has 5 heteroatoms. The molecule has 0 saturated heterocycles. The Labute approximate surface area is 98.3 Å². The molecule has 0 aliphatic heterocycles. The molecule has 4 nitrogen and oxygen atoms in total. The Kier molecular flexibility index (Phi) is 4.06. The smallest absolute Gasteiger partial charge is 0.326 e. The molecule has 0 bridgehead atoms. The van der Waals surface area contributed by atoms with Gasteiger partial charge in [-0.15, -0.1) is 11.3 Å². The Morgan fingerprint density at radius 2 is 2.12 bits per heavy atom. The van der Waals surface area contributed by atoms with Crippen molar-refractivity contribution in [3.63, 3.8) is 0 Å². The summed E-state index contributed by atoms with van der Waals surface area (Å²) in [6.07, 6.45) is 0.379. The lowest BCUT2D eigenvalue weighted by Crippen LogP contribution is -2.39. The Balaban J connectivity index is 2.75. The predicted molar refractivity (Wildman–Crippen MR) is 63.0 cm³/mol. The Morgan fingerprint density at radius 1 is 1.50 bits per heavy atom. The van der Waals surface area contributed by atoms with Crippen molar-refractivity contribution < 1.29 is 14.7 Å². The number of thiophene rings is 1. The number of rotatable bonds is 4. The number of amides is 1. The topological polar surface area (TPSA) is 66.4 Å². The molecule has 88 valence electrons. The maximum atomic E-state index is 11.7. The van der Waals surface area contributed by atoms with Gasteiger partial charge in [0.05, 0.1) is 4.88 Å². The van der Waals surface area contributed by atoms with Crippen molar-refractivity contribution in [3.05, 3.63) is 21.4 Å². The van der Waals surface area contributed by atoms with Crippen molar-refractivity contribution >= 4 is 23.2 Å². The molecule has 16 heavy (non-hydrogen) atoms. The van der Waals surface area contributed by atoms with Gasteiger partial charge in [-0.1, -0.05) is 6.92 Å². The summed E-state index contributed by atoms with van der Waals surface area (Å²) >= 11 is 1.38. The largest absolute Gasteiger partial charge is 0.480 e. The summed E-state index contributed by atoms with van der Waals surface area (Å²) in [6, 6.07) is 0.972. The highest BCUT2D eigenvalue weighted by Gasteiger charge is 2.19. The van der Waals surface area contributed by atoms with Gasteiger partial charge < -0.3 is 10.4 Å².